The molecule has 3 N–H and O–H groups in total. The van der Waals surface area contributed by atoms with E-state index in [1.165, 1.54) is 0 Å². The van der Waals surface area contributed by atoms with Gasteiger partial charge in [-0.3, -0.25) is 5.10 Å². The Bertz CT molecular complexity index is 583. The maximum Gasteiger partial charge on any atom is 0.263 e. The zero-order valence-electron chi connectivity index (χ0n) is 11.7. The Morgan fingerprint density at radius 2 is 2.20 bits per heavy atom. The van der Waals surface area contributed by atoms with E-state index in [1.807, 2.05) is 0 Å². The quantitative estimate of drug-likeness (QED) is 0.890. The van der Waals surface area contributed by atoms with Gasteiger partial charge >= 0.3 is 0 Å². The molecule has 3 rings (SSSR count). The van der Waals surface area contributed by atoms with Crippen LogP contribution in [0.3, 0.4) is 0 Å². The number of aromatic nitrogens is 4. The van der Waals surface area contributed by atoms with Crippen LogP contribution in [0.2, 0.25) is 0 Å². The molecule has 1 aliphatic rings. The van der Waals surface area contributed by atoms with Crippen LogP contribution in [0.15, 0.2) is 10.7 Å². The van der Waals surface area contributed by atoms with Gasteiger partial charge < -0.3 is 15.0 Å². The highest BCUT2D eigenvalue weighted by Gasteiger charge is 2.40. The molecule has 0 spiro atoms. The third kappa shape index (κ3) is 2.07. The number of aromatic amines is 1. The largest absolute Gasteiger partial charge is 0.383 e. The number of ether oxygens (including phenoxy) is 1. The molecule has 0 atom stereocenters. The maximum atomic E-state index is 5.77. The molecule has 0 unspecified atom stereocenters. The molecule has 1 saturated carbocycles. The molecule has 0 saturated heterocycles. The Kier molecular flexibility index (Phi) is 3.21. The van der Waals surface area contributed by atoms with Crippen molar-refractivity contribution in [2.75, 3.05) is 12.8 Å². The van der Waals surface area contributed by atoms with Gasteiger partial charge in [-0.05, 0) is 31.6 Å². The van der Waals surface area contributed by atoms with Gasteiger partial charge in [0.1, 0.15) is 17.0 Å². The number of hydrogen-bond donors (Lipinski definition) is 2. The minimum absolute atomic E-state index is 0.376. The lowest BCUT2D eigenvalue weighted by molar-refractivity contribution is -0.0609. The van der Waals surface area contributed by atoms with E-state index in [0.29, 0.717) is 29.0 Å². The third-order valence-corrected chi connectivity index (χ3v) is 4.21. The normalized spacial score (nSPS) is 26.8. The number of nitrogens with two attached hydrogens (primary N) is 1. The summed E-state index contributed by atoms with van der Waals surface area (Å²) < 4.78 is 11.1. The highest BCUT2D eigenvalue weighted by molar-refractivity contribution is 5.65. The van der Waals surface area contributed by atoms with Gasteiger partial charge in [-0.2, -0.15) is 10.1 Å². The Morgan fingerprint density at radius 1 is 1.45 bits per heavy atom. The third-order valence-electron chi connectivity index (χ3n) is 4.21. The highest BCUT2D eigenvalue weighted by atomic mass is 16.5. The van der Waals surface area contributed by atoms with E-state index >= 15 is 0 Å². The van der Waals surface area contributed by atoms with E-state index in [4.69, 9.17) is 15.0 Å². The van der Waals surface area contributed by atoms with Crippen molar-refractivity contribution >= 4 is 5.82 Å². The Morgan fingerprint density at radius 3 is 2.80 bits per heavy atom. The summed E-state index contributed by atoms with van der Waals surface area (Å²) in [7, 11) is 1.71. The molecule has 1 aliphatic carbocycles. The van der Waals surface area contributed by atoms with E-state index < -0.39 is 5.60 Å². The lowest BCUT2D eigenvalue weighted by Crippen LogP contribution is -2.34. The fourth-order valence-corrected chi connectivity index (χ4v) is 2.73. The van der Waals surface area contributed by atoms with Gasteiger partial charge in [0, 0.05) is 7.11 Å². The van der Waals surface area contributed by atoms with Crippen LogP contribution >= 0.6 is 0 Å². The van der Waals surface area contributed by atoms with Crippen molar-refractivity contribution < 1.29 is 9.26 Å². The van der Waals surface area contributed by atoms with Crippen LogP contribution in [-0.2, 0) is 10.3 Å². The molecule has 0 aromatic carbocycles. The SMILES string of the molecule is COC1(c2noc(-c3cn[nH]c3N)n2)CCC(C)CC1. The van der Waals surface area contributed by atoms with E-state index in [1.54, 1.807) is 13.3 Å². The zero-order valence-corrected chi connectivity index (χ0v) is 11.7. The molecule has 0 amide bonds. The molecule has 0 aliphatic heterocycles. The predicted octanol–water partition coefficient (Wildman–Crippen LogP) is 2.09. The monoisotopic (exact) mass is 277 g/mol. The van der Waals surface area contributed by atoms with Crippen molar-refractivity contribution in [3.63, 3.8) is 0 Å². The fraction of sp³-hybridized carbons (Fsp3) is 0.615. The van der Waals surface area contributed by atoms with Crippen molar-refractivity contribution in [1.82, 2.24) is 20.3 Å². The summed E-state index contributed by atoms with van der Waals surface area (Å²) in [5.74, 6) is 2.11. The number of nitrogens with one attached hydrogen (secondary N) is 1. The summed E-state index contributed by atoms with van der Waals surface area (Å²) >= 11 is 0. The number of hydrogen-bond acceptors (Lipinski definition) is 6. The second kappa shape index (κ2) is 4.90. The van der Waals surface area contributed by atoms with Crippen LogP contribution in [0.25, 0.3) is 11.5 Å². The Hall–Kier alpha value is -1.89. The zero-order chi connectivity index (χ0) is 14.2. The highest BCUT2D eigenvalue weighted by Crippen LogP contribution is 2.41. The first-order chi connectivity index (χ1) is 9.64. The number of anilines is 1. The number of H-pyrrole nitrogens is 1. The smallest absolute Gasteiger partial charge is 0.263 e. The van der Waals surface area contributed by atoms with E-state index in [9.17, 15) is 0 Å². The first-order valence-electron chi connectivity index (χ1n) is 6.83. The van der Waals surface area contributed by atoms with Crippen molar-refractivity contribution in [3.05, 3.63) is 12.0 Å². The minimum atomic E-state index is -0.438. The van der Waals surface area contributed by atoms with Gasteiger partial charge in [0.05, 0.1) is 6.20 Å². The van der Waals surface area contributed by atoms with Crippen molar-refractivity contribution in [3.8, 4) is 11.5 Å². The van der Waals surface area contributed by atoms with Gasteiger partial charge in [0.25, 0.3) is 5.89 Å². The van der Waals surface area contributed by atoms with Crippen LogP contribution in [-0.4, -0.2) is 27.4 Å². The van der Waals surface area contributed by atoms with Gasteiger partial charge in [-0.1, -0.05) is 12.1 Å². The lowest BCUT2D eigenvalue weighted by atomic mass is 9.79. The minimum Gasteiger partial charge on any atom is -0.383 e. The molecule has 2 heterocycles. The molecule has 0 radical (unpaired) electrons. The molecule has 2 aromatic heterocycles. The van der Waals surface area contributed by atoms with E-state index in [0.717, 1.165) is 25.7 Å². The van der Waals surface area contributed by atoms with Gasteiger partial charge in [0.2, 0.25) is 5.82 Å². The summed E-state index contributed by atoms with van der Waals surface area (Å²) in [5, 5.41) is 10.6. The van der Waals surface area contributed by atoms with Gasteiger partial charge in [-0.15, -0.1) is 0 Å². The fourth-order valence-electron chi connectivity index (χ4n) is 2.73. The van der Waals surface area contributed by atoms with Crippen LogP contribution in [0.4, 0.5) is 5.82 Å². The molecular weight excluding hydrogens is 258 g/mol. The van der Waals surface area contributed by atoms with Crippen molar-refractivity contribution in [1.29, 1.82) is 0 Å². The molecule has 7 heteroatoms. The summed E-state index contributed by atoms with van der Waals surface area (Å²) in [4.78, 5) is 4.46. The maximum absolute atomic E-state index is 5.77. The molecule has 2 aromatic rings. The molecule has 20 heavy (non-hydrogen) atoms. The van der Waals surface area contributed by atoms with Crippen molar-refractivity contribution in [2.24, 2.45) is 5.92 Å². The number of methoxy groups -OCH3 is 1. The topological polar surface area (TPSA) is 103 Å². The molecular formula is C13H19N5O2. The number of nitrogen functional groups attached to an aromatic ring is 1. The summed E-state index contributed by atoms with van der Waals surface area (Å²) in [5.41, 5.74) is 5.95. The second-order valence-electron chi connectivity index (χ2n) is 5.50. The van der Waals surface area contributed by atoms with Crippen molar-refractivity contribution in [2.45, 2.75) is 38.2 Å². The summed E-state index contributed by atoms with van der Waals surface area (Å²) in [6, 6.07) is 0. The van der Waals surface area contributed by atoms with E-state index in [2.05, 4.69) is 27.3 Å². The summed E-state index contributed by atoms with van der Waals surface area (Å²) in [6.45, 7) is 2.26. The Balaban J connectivity index is 1.91. The Labute approximate surface area is 116 Å². The van der Waals surface area contributed by atoms with Crippen LogP contribution < -0.4 is 5.73 Å². The van der Waals surface area contributed by atoms with Gasteiger partial charge in [-0.25, -0.2) is 0 Å². The average molecular weight is 277 g/mol. The number of nitrogens with zero attached hydrogens (tertiary/aromatic N) is 3. The summed E-state index contributed by atoms with van der Waals surface area (Å²) in [6.07, 6.45) is 5.60. The van der Waals surface area contributed by atoms with Crippen LogP contribution in [0, 0.1) is 5.92 Å². The second-order valence-corrected chi connectivity index (χ2v) is 5.50. The number of rotatable bonds is 3. The first kappa shape index (κ1) is 13.1. The molecule has 0 bridgehead atoms. The molecule has 108 valence electrons. The van der Waals surface area contributed by atoms with Crippen LogP contribution in [0.5, 0.6) is 0 Å². The molecule has 1 fully saturated rings. The van der Waals surface area contributed by atoms with Crippen LogP contribution in [0.1, 0.15) is 38.4 Å². The van der Waals surface area contributed by atoms with E-state index in [-0.39, 0.29) is 0 Å². The first-order valence-corrected chi connectivity index (χ1v) is 6.83. The standard InChI is InChI=1S/C13H19N5O2/c1-8-3-5-13(19-2,6-4-8)12-16-11(20-18-12)9-7-15-17-10(9)14/h7-8H,3-6H2,1-2H3,(H3,14,15,17). The predicted molar refractivity (Wildman–Crippen MR) is 72.6 cm³/mol. The van der Waals surface area contributed by atoms with Gasteiger partial charge in [0.15, 0.2) is 0 Å². The lowest BCUT2D eigenvalue weighted by Gasteiger charge is -2.35. The average Bonchev–Trinajstić information content (AvgIpc) is 3.09. The molecule has 7 nitrogen and oxygen atoms in total.